The molecule has 3 atom stereocenters. The van der Waals surface area contributed by atoms with E-state index in [9.17, 15) is 4.79 Å². The average Bonchev–Trinajstić information content (AvgIpc) is 2.47. The number of carbonyl (C=O) groups excluding carboxylic acids is 1. The van der Waals surface area contributed by atoms with Crippen LogP contribution in [0.15, 0.2) is 24.3 Å². The van der Waals surface area contributed by atoms with Crippen molar-refractivity contribution >= 4 is 17.5 Å². The van der Waals surface area contributed by atoms with Crippen molar-refractivity contribution in [2.45, 2.75) is 25.0 Å². The lowest BCUT2D eigenvalue weighted by Gasteiger charge is -2.41. The zero-order valence-corrected chi connectivity index (χ0v) is 13.1. The molecule has 21 heavy (non-hydrogen) atoms. The molecule has 3 N–H and O–H groups in total. The molecule has 1 aromatic rings. The molecule has 0 spiro atoms. The molecule has 5 nitrogen and oxygen atoms in total. The summed E-state index contributed by atoms with van der Waals surface area (Å²) in [5.41, 5.74) is 7.22. The van der Waals surface area contributed by atoms with Crippen molar-refractivity contribution in [3.05, 3.63) is 34.9 Å². The Balaban J connectivity index is 2.33. The van der Waals surface area contributed by atoms with Gasteiger partial charge >= 0.3 is 0 Å². The number of benzene rings is 1. The minimum atomic E-state index is -0.335. The molecule has 0 aromatic heterocycles. The molecule has 0 bridgehead atoms. The first kappa shape index (κ1) is 16.2. The van der Waals surface area contributed by atoms with Gasteiger partial charge in [0.25, 0.3) is 0 Å². The first-order valence-electron chi connectivity index (χ1n) is 7.10. The number of ether oxygens (including phenoxy) is 1. The lowest BCUT2D eigenvalue weighted by molar-refractivity contribution is -0.134. The molecule has 1 aliphatic heterocycles. The van der Waals surface area contributed by atoms with Crippen LogP contribution in [0.25, 0.3) is 0 Å². The number of carbonyl (C=O) groups is 1. The molecule has 116 valence electrons. The molecule has 3 unspecified atom stereocenters. The number of amides is 1. The van der Waals surface area contributed by atoms with Crippen LogP contribution in [0.4, 0.5) is 0 Å². The van der Waals surface area contributed by atoms with Crippen molar-refractivity contribution in [1.29, 1.82) is 0 Å². The lowest BCUT2D eigenvalue weighted by atomic mass is 9.96. The third-order valence-corrected chi connectivity index (χ3v) is 4.00. The van der Waals surface area contributed by atoms with E-state index >= 15 is 0 Å². The molecular formula is C15H22ClN3O2. The van der Waals surface area contributed by atoms with E-state index in [0.29, 0.717) is 24.8 Å². The highest BCUT2D eigenvalue weighted by atomic mass is 35.5. The van der Waals surface area contributed by atoms with Gasteiger partial charge in [-0.3, -0.25) is 9.69 Å². The first-order chi connectivity index (χ1) is 10.0. The van der Waals surface area contributed by atoms with E-state index in [0.717, 1.165) is 5.56 Å². The van der Waals surface area contributed by atoms with Crippen LogP contribution in [0.1, 0.15) is 18.5 Å². The first-order valence-corrected chi connectivity index (χ1v) is 7.48. The van der Waals surface area contributed by atoms with E-state index < -0.39 is 0 Å². The third-order valence-electron chi connectivity index (χ3n) is 3.76. The predicted octanol–water partition coefficient (Wildman–Crippen LogP) is 1.18. The number of nitrogens with zero attached hydrogens (tertiary/aromatic N) is 1. The van der Waals surface area contributed by atoms with E-state index in [4.69, 9.17) is 22.1 Å². The summed E-state index contributed by atoms with van der Waals surface area (Å²) in [6, 6.07) is 7.10. The third kappa shape index (κ3) is 3.74. The summed E-state index contributed by atoms with van der Waals surface area (Å²) in [4.78, 5) is 14.2. The van der Waals surface area contributed by atoms with Crippen molar-refractivity contribution in [2.24, 2.45) is 5.73 Å². The summed E-state index contributed by atoms with van der Waals surface area (Å²) in [5.74, 6) is -0.0534. The Labute approximate surface area is 130 Å². The molecule has 0 saturated carbocycles. The standard InChI is InChI=1S/C15H22ClN3O2/c1-10(17)14(11-4-3-5-12(16)8-11)19-6-7-21-9-13(19)15(20)18-2/h3-5,8,10,13-14H,6-7,9,17H2,1-2H3,(H,18,20). The van der Waals surface area contributed by atoms with Gasteiger partial charge in [0.15, 0.2) is 0 Å². The summed E-state index contributed by atoms with van der Waals surface area (Å²) in [7, 11) is 1.63. The van der Waals surface area contributed by atoms with Gasteiger partial charge in [-0.25, -0.2) is 0 Å². The van der Waals surface area contributed by atoms with Crippen LogP contribution >= 0.6 is 11.6 Å². The maximum Gasteiger partial charge on any atom is 0.239 e. The zero-order valence-electron chi connectivity index (χ0n) is 12.4. The summed E-state index contributed by atoms with van der Waals surface area (Å²) < 4.78 is 5.46. The normalized spacial score (nSPS) is 22.6. The fourth-order valence-electron chi connectivity index (χ4n) is 2.83. The molecule has 1 fully saturated rings. The monoisotopic (exact) mass is 311 g/mol. The quantitative estimate of drug-likeness (QED) is 0.876. The molecule has 1 aliphatic rings. The van der Waals surface area contributed by atoms with E-state index in [2.05, 4.69) is 10.2 Å². The minimum absolute atomic E-state index is 0.0534. The number of nitrogens with one attached hydrogen (secondary N) is 1. The maximum atomic E-state index is 12.1. The Hall–Kier alpha value is -1.14. The van der Waals surface area contributed by atoms with Gasteiger partial charge in [-0.2, -0.15) is 0 Å². The molecule has 1 aromatic carbocycles. The number of morpholine rings is 1. The van der Waals surface area contributed by atoms with Crippen LogP contribution in [-0.2, 0) is 9.53 Å². The van der Waals surface area contributed by atoms with Gasteiger partial charge in [0.1, 0.15) is 6.04 Å². The molecule has 1 saturated heterocycles. The van der Waals surface area contributed by atoms with Gasteiger partial charge < -0.3 is 15.8 Å². The Morgan fingerprint density at radius 2 is 2.33 bits per heavy atom. The van der Waals surface area contributed by atoms with Crippen molar-refractivity contribution in [1.82, 2.24) is 10.2 Å². The van der Waals surface area contributed by atoms with Gasteiger partial charge in [0, 0.05) is 24.7 Å². The van der Waals surface area contributed by atoms with Crippen molar-refractivity contribution in [3.8, 4) is 0 Å². The second-order valence-corrected chi connectivity index (χ2v) is 5.74. The van der Waals surface area contributed by atoms with Crippen molar-refractivity contribution < 1.29 is 9.53 Å². The minimum Gasteiger partial charge on any atom is -0.378 e. The fraction of sp³-hybridized carbons (Fsp3) is 0.533. The Bertz CT molecular complexity index is 496. The molecule has 6 heteroatoms. The summed E-state index contributed by atoms with van der Waals surface area (Å²) in [6.07, 6.45) is 0. The highest BCUT2D eigenvalue weighted by molar-refractivity contribution is 6.30. The van der Waals surface area contributed by atoms with E-state index in [1.165, 1.54) is 0 Å². The summed E-state index contributed by atoms with van der Waals surface area (Å²) in [6.45, 7) is 3.58. The van der Waals surface area contributed by atoms with Crippen molar-refractivity contribution in [2.75, 3.05) is 26.8 Å². The number of halogens is 1. The molecule has 0 radical (unpaired) electrons. The highest BCUT2D eigenvalue weighted by Gasteiger charge is 2.36. The molecule has 0 aliphatic carbocycles. The zero-order chi connectivity index (χ0) is 15.4. The molecular weight excluding hydrogens is 290 g/mol. The topological polar surface area (TPSA) is 67.6 Å². The average molecular weight is 312 g/mol. The number of rotatable bonds is 4. The maximum absolute atomic E-state index is 12.1. The highest BCUT2D eigenvalue weighted by Crippen LogP contribution is 2.29. The Kier molecular flexibility index (Phi) is 5.58. The molecule has 1 heterocycles. The van der Waals surface area contributed by atoms with Gasteiger partial charge in [0.05, 0.1) is 19.3 Å². The van der Waals surface area contributed by atoms with Crippen LogP contribution in [0.3, 0.4) is 0 Å². The van der Waals surface area contributed by atoms with Crippen LogP contribution in [0.2, 0.25) is 5.02 Å². The SMILES string of the molecule is CNC(=O)C1COCCN1C(c1cccc(Cl)c1)C(C)N. The smallest absolute Gasteiger partial charge is 0.239 e. The second kappa shape index (κ2) is 7.22. The van der Waals surface area contributed by atoms with Gasteiger partial charge in [-0.1, -0.05) is 23.7 Å². The van der Waals surface area contributed by atoms with E-state index in [1.807, 2.05) is 31.2 Å². The summed E-state index contributed by atoms with van der Waals surface area (Å²) >= 11 is 6.10. The van der Waals surface area contributed by atoms with Crippen LogP contribution in [0.5, 0.6) is 0 Å². The van der Waals surface area contributed by atoms with Gasteiger partial charge in [-0.05, 0) is 24.6 Å². The Morgan fingerprint density at radius 1 is 1.57 bits per heavy atom. The fourth-order valence-corrected chi connectivity index (χ4v) is 3.03. The number of likely N-dealkylation sites (N-methyl/N-ethyl adjacent to an activating group) is 1. The van der Waals surface area contributed by atoms with Gasteiger partial charge in [0.2, 0.25) is 5.91 Å². The van der Waals surface area contributed by atoms with E-state index in [-0.39, 0.29) is 24.0 Å². The number of nitrogens with two attached hydrogens (primary N) is 1. The van der Waals surface area contributed by atoms with Crippen molar-refractivity contribution in [3.63, 3.8) is 0 Å². The van der Waals surface area contributed by atoms with Crippen LogP contribution in [0, 0.1) is 0 Å². The molecule has 2 rings (SSSR count). The predicted molar refractivity (Wildman–Crippen MR) is 83.2 cm³/mol. The van der Waals surface area contributed by atoms with E-state index in [1.54, 1.807) is 7.05 Å². The second-order valence-electron chi connectivity index (χ2n) is 5.30. The summed E-state index contributed by atoms with van der Waals surface area (Å²) in [5, 5.41) is 3.36. The van der Waals surface area contributed by atoms with Crippen LogP contribution in [-0.4, -0.2) is 49.7 Å². The largest absolute Gasteiger partial charge is 0.378 e. The van der Waals surface area contributed by atoms with Crippen LogP contribution < -0.4 is 11.1 Å². The molecule has 1 amide bonds. The van der Waals surface area contributed by atoms with Gasteiger partial charge in [-0.15, -0.1) is 0 Å². The number of hydrogen-bond donors (Lipinski definition) is 2. The number of hydrogen-bond acceptors (Lipinski definition) is 4. The lowest BCUT2D eigenvalue weighted by Crippen LogP contribution is -2.56. The Morgan fingerprint density at radius 3 is 2.95 bits per heavy atom.